The molecule has 6 nitrogen and oxygen atoms in total. The number of hydrogen-bond donors (Lipinski definition) is 1. The molecule has 1 aliphatic heterocycles. The van der Waals surface area contributed by atoms with Crippen LogP contribution in [0.4, 0.5) is 5.82 Å². The van der Waals surface area contributed by atoms with Gasteiger partial charge in [0.2, 0.25) is 5.91 Å². The first-order valence-electron chi connectivity index (χ1n) is 8.25. The van der Waals surface area contributed by atoms with Crippen molar-refractivity contribution in [3.05, 3.63) is 45.7 Å². The van der Waals surface area contributed by atoms with E-state index in [9.17, 15) is 9.59 Å². The lowest BCUT2D eigenvalue weighted by Gasteiger charge is -2.27. The lowest BCUT2D eigenvalue weighted by Crippen LogP contribution is -2.33. The molecule has 0 fully saturated rings. The third-order valence-corrected chi connectivity index (χ3v) is 5.11. The van der Waals surface area contributed by atoms with Crippen molar-refractivity contribution >= 4 is 23.5 Å². The van der Waals surface area contributed by atoms with Gasteiger partial charge in [-0.1, -0.05) is 29.8 Å². The predicted molar refractivity (Wildman–Crippen MR) is 102 cm³/mol. The fraction of sp³-hybridized carbons (Fsp3) is 0.316. The molecule has 2 heterocycles. The summed E-state index contributed by atoms with van der Waals surface area (Å²) in [6.45, 7) is 2.50. The van der Waals surface area contributed by atoms with Crippen molar-refractivity contribution < 1.29 is 9.53 Å². The zero-order chi connectivity index (χ0) is 18.7. The van der Waals surface area contributed by atoms with Crippen LogP contribution >= 0.6 is 11.8 Å². The summed E-state index contributed by atoms with van der Waals surface area (Å²) in [5.41, 5.74) is 1.05. The molecule has 3 rings (SSSR count). The number of rotatable bonds is 5. The van der Waals surface area contributed by atoms with Crippen LogP contribution in [0.3, 0.4) is 0 Å². The minimum Gasteiger partial charge on any atom is -0.494 e. The van der Waals surface area contributed by atoms with E-state index in [-0.39, 0.29) is 23.8 Å². The molecule has 0 aliphatic carbocycles. The van der Waals surface area contributed by atoms with Crippen molar-refractivity contribution in [2.45, 2.75) is 24.4 Å². The lowest BCUT2D eigenvalue weighted by molar-refractivity contribution is -0.116. The SMILES string of the molecule is C#CCSc1nc(=O)c2c(n1C)NC(=O)CC2c1ccc(OCC)cc1. The number of hydrogen-bond acceptors (Lipinski definition) is 5. The van der Waals surface area contributed by atoms with Crippen molar-refractivity contribution in [1.82, 2.24) is 9.55 Å². The van der Waals surface area contributed by atoms with Crippen LogP contribution in [-0.2, 0) is 11.8 Å². The molecule has 1 unspecified atom stereocenters. The number of thioether (sulfide) groups is 1. The van der Waals surface area contributed by atoms with Gasteiger partial charge in [0, 0.05) is 19.4 Å². The van der Waals surface area contributed by atoms with E-state index in [0.29, 0.717) is 28.9 Å². The van der Waals surface area contributed by atoms with Gasteiger partial charge in [-0.3, -0.25) is 9.59 Å². The van der Waals surface area contributed by atoms with Crippen molar-refractivity contribution in [3.63, 3.8) is 0 Å². The molecule has 1 aromatic carbocycles. The summed E-state index contributed by atoms with van der Waals surface area (Å²) < 4.78 is 7.18. The van der Waals surface area contributed by atoms with Crippen LogP contribution in [-0.4, -0.2) is 27.8 Å². The number of amides is 1. The number of ether oxygens (including phenoxy) is 1. The molecular formula is C19H19N3O3S. The van der Waals surface area contributed by atoms with Gasteiger partial charge in [-0.15, -0.1) is 6.42 Å². The van der Waals surface area contributed by atoms with E-state index in [1.165, 1.54) is 11.8 Å². The Morgan fingerprint density at radius 1 is 1.38 bits per heavy atom. The number of aromatic nitrogens is 2. The molecule has 0 radical (unpaired) electrons. The summed E-state index contributed by atoms with van der Waals surface area (Å²) in [6.07, 6.45) is 5.49. The van der Waals surface area contributed by atoms with Crippen molar-refractivity contribution in [3.8, 4) is 18.1 Å². The van der Waals surface area contributed by atoms with Crippen molar-refractivity contribution in [2.75, 3.05) is 17.7 Å². The van der Waals surface area contributed by atoms with E-state index < -0.39 is 0 Å². The Kier molecular flexibility index (Phi) is 5.33. The molecule has 7 heteroatoms. The third kappa shape index (κ3) is 3.46. The molecule has 0 saturated heterocycles. The Hall–Kier alpha value is -2.72. The topological polar surface area (TPSA) is 73.2 Å². The zero-order valence-corrected chi connectivity index (χ0v) is 15.4. The lowest BCUT2D eigenvalue weighted by atomic mass is 9.87. The summed E-state index contributed by atoms with van der Waals surface area (Å²) >= 11 is 1.29. The smallest absolute Gasteiger partial charge is 0.279 e. The Balaban J connectivity index is 2.06. The largest absolute Gasteiger partial charge is 0.494 e. The standard InChI is InChI=1S/C19H19N3O3S/c1-4-10-26-19-21-18(24)16-14(11-15(23)20-17(16)22(19)3)12-6-8-13(9-7-12)25-5-2/h1,6-9,14H,5,10-11H2,2-3H3,(H,20,23). The Morgan fingerprint density at radius 3 is 2.77 bits per heavy atom. The summed E-state index contributed by atoms with van der Waals surface area (Å²) in [7, 11) is 1.77. The highest BCUT2D eigenvalue weighted by atomic mass is 32.2. The molecule has 1 amide bonds. The maximum Gasteiger partial charge on any atom is 0.279 e. The first-order valence-corrected chi connectivity index (χ1v) is 9.23. The molecule has 134 valence electrons. The monoisotopic (exact) mass is 369 g/mol. The van der Waals surface area contributed by atoms with Crippen molar-refractivity contribution in [2.24, 2.45) is 7.05 Å². The highest BCUT2D eigenvalue weighted by molar-refractivity contribution is 7.99. The van der Waals surface area contributed by atoms with Crippen LogP contribution in [0.2, 0.25) is 0 Å². The number of carbonyl (C=O) groups is 1. The van der Waals surface area contributed by atoms with Gasteiger partial charge in [-0.25, -0.2) is 0 Å². The average Bonchev–Trinajstić information content (AvgIpc) is 2.63. The van der Waals surface area contributed by atoms with Gasteiger partial charge in [0.1, 0.15) is 11.6 Å². The second-order valence-electron chi connectivity index (χ2n) is 5.82. The maximum absolute atomic E-state index is 12.7. The normalized spacial score (nSPS) is 15.7. The number of carbonyl (C=O) groups excluding carboxylic acids is 1. The van der Waals surface area contributed by atoms with Gasteiger partial charge in [0.05, 0.1) is 17.9 Å². The first-order chi connectivity index (χ1) is 12.5. The molecule has 0 bridgehead atoms. The van der Waals surface area contributed by atoms with Crippen LogP contribution in [0.25, 0.3) is 0 Å². The second-order valence-corrected chi connectivity index (χ2v) is 6.76. The molecule has 1 aromatic heterocycles. The minimum absolute atomic E-state index is 0.134. The molecule has 1 atom stereocenters. The first kappa shape index (κ1) is 18.1. The van der Waals surface area contributed by atoms with Crippen LogP contribution < -0.4 is 15.6 Å². The molecule has 26 heavy (non-hydrogen) atoms. The maximum atomic E-state index is 12.7. The second kappa shape index (κ2) is 7.67. The highest BCUT2D eigenvalue weighted by Crippen LogP contribution is 2.36. The van der Waals surface area contributed by atoms with Crippen LogP contribution in [0.1, 0.15) is 30.4 Å². The number of fused-ring (bicyclic) bond motifs is 1. The minimum atomic E-state index is -0.340. The van der Waals surface area contributed by atoms with Gasteiger partial charge in [0.15, 0.2) is 5.16 Å². The van der Waals surface area contributed by atoms with Gasteiger partial charge in [0.25, 0.3) is 5.56 Å². The Morgan fingerprint density at radius 2 is 2.12 bits per heavy atom. The summed E-state index contributed by atoms with van der Waals surface area (Å²) in [4.78, 5) is 29.1. The van der Waals surface area contributed by atoms with Gasteiger partial charge in [-0.2, -0.15) is 4.98 Å². The fourth-order valence-electron chi connectivity index (χ4n) is 3.02. The highest BCUT2D eigenvalue weighted by Gasteiger charge is 2.32. The van der Waals surface area contributed by atoms with E-state index in [4.69, 9.17) is 11.2 Å². The number of nitrogens with one attached hydrogen (secondary N) is 1. The molecule has 0 spiro atoms. The number of terminal acetylenes is 1. The molecular weight excluding hydrogens is 350 g/mol. The molecule has 2 aromatic rings. The van der Waals surface area contributed by atoms with E-state index in [1.807, 2.05) is 31.2 Å². The quantitative estimate of drug-likeness (QED) is 0.498. The summed E-state index contributed by atoms with van der Waals surface area (Å²) in [6, 6.07) is 7.47. The van der Waals surface area contributed by atoms with E-state index >= 15 is 0 Å². The van der Waals surface area contributed by atoms with Crippen molar-refractivity contribution in [1.29, 1.82) is 0 Å². The van der Waals surface area contributed by atoms with Gasteiger partial charge >= 0.3 is 0 Å². The number of nitrogens with zero attached hydrogens (tertiary/aromatic N) is 2. The van der Waals surface area contributed by atoms with Crippen LogP contribution in [0.15, 0.2) is 34.2 Å². The Bertz CT molecular complexity index is 929. The van der Waals surface area contributed by atoms with E-state index in [2.05, 4.69) is 16.2 Å². The molecule has 1 aliphatic rings. The van der Waals surface area contributed by atoms with Gasteiger partial charge in [-0.05, 0) is 24.6 Å². The molecule has 0 saturated carbocycles. The zero-order valence-electron chi connectivity index (χ0n) is 14.6. The molecule has 1 N–H and O–H groups in total. The van der Waals surface area contributed by atoms with E-state index in [0.717, 1.165) is 11.3 Å². The van der Waals surface area contributed by atoms with Crippen LogP contribution in [0.5, 0.6) is 5.75 Å². The summed E-state index contributed by atoms with van der Waals surface area (Å²) in [5.74, 6) is 3.67. The average molecular weight is 369 g/mol. The van der Waals surface area contributed by atoms with E-state index in [1.54, 1.807) is 11.6 Å². The third-order valence-electron chi connectivity index (χ3n) is 4.18. The van der Waals surface area contributed by atoms with Gasteiger partial charge < -0.3 is 14.6 Å². The Labute approximate surface area is 156 Å². The fourth-order valence-corrected chi connectivity index (χ4v) is 3.66. The predicted octanol–water partition coefficient (Wildman–Crippen LogP) is 2.38. The van der Waals surface area contributed by atoms with Crippen LogP contribution in [0, 0.1) is 12.3 Å². The number of anilines is 1. The summed E-state index contributed by atoms with van der Waals surface area (Å²) in [5, 5.41) is 3.30. The number of benzene rings is 1.